The minimum Gasteiger partial charge on any atom is -0.379 e. The van der Waals surface area contributed by atoms with Crippen molar-refractivity contribution in [1.82, 2.24) is 14.7 Å². The fraction of sp³-hybridized carbons (Fsp3) is 0.778. The standard InChI is InChI=1S/C18H30N4O2/c1-4-22-15(3)17(14(2)20-22)19-16(23)13-18(7-5-6-8-18)21-9-11-24-12-10-21/h4-13H2,1-3H3,(H,19,23). The molecule has 1 aromatic rings. The molecule has 0 bridgehead atoms. The van der Waals surface area contributed by atoms with E-state index in [1.807, 2.05) is 18.5 Å². The first-order chi connectivity index (χ1) is 11.6. The number of rotatable bonds is 5. The number of hydrogen-bond acceptors (Lipinski definition) is 4. The van der Waals surface area contributed by atoms with Gasteiger partial charge in [0.1, 0.15) is 0 Å². The van der Waals surface area contributed by atoms with Gasteiger partial charge in [0, 0.05) is 31.6 Å². The van der Waals surface area contributed by atoms with E-state index in [1.165, 1.54) is 12.8 Å². The van der Waals surface area contributed by atoms with Gasteiger partial charge >= 0.3 is 0 Å². The molecule has 1 saturated carbocycles. The van der Waals surface area contributed by atoms with Crippen molar-refractivity contribution in [1.29, 1.82) is 0 Å². The Kier molecular flexibility index (Phi) is 5.25. The summed E-state index contributed by atoms with van der Waals surface area (Å²) in [7, 11) is 0. The largest absolute Gasteiger partial charge is 0.379 e. The van der Waals surface area contributed by atoms with Gasteiger partial charge in [-0.1, -0.05) is 12.8 Å². The molecule has 1 aromatic heterocycles. The van der Waals surface area contributed by atoms with Gasteiger partial charge in [-0.2, -0.15) is 5.10 Å². The van der Waals surface area contributed by atoms with Gasteiger partial charge in [-0.15, -0.1) is 0 Å². The Labute approximate surface area is 144 Å². The summed E-state index contributed by atoms with van der Waals surface area (Å²) in [5.41, 5.74) is 2.85. The zero-order valence-corrected chi connectivity index (χ0v) is 15.2. The second-order valence-electron chi connectivity index (χ2n) is 7.12. The molecule has 1 amide bonds. The second kappa shape index (κ2) is 7.23. The molecule has 6 heteroatoms. The van der Waals surface area contributed by atoms with E-state index in [4.69, 9.17) is 4.74 Å². The molecule has 1 N–H and O–H groups in total. The summed E-state index contributed by atoms with van der Waals surface area (Å²) in [5.74, 6) is 0.116. The average molecular weight is 334 g/mol. The fourth-order valence-corrected chi connectivity index (χ4v) is 4.34. The van der Waals surface area contributed by atoms with Crippen LogP contribution in [0.1, 0.15) is 50.4 Å². The number of nitrogens with one attached hydrogen (secondary N) is 1. The SMILES string of the molecule is CCn1nc(C)c(NC(=O)CC2(N3CCOCC3)CCCC2)c1C. The first kappa shape index (κ1) is 17.4. The molecular weight excluding hydrogens is 304 g/mol. The lowest BCUT2D eigenvalue weighted by molar-refractivity contribution is -0.120. The van der Waals surface area contributed by atoms with Crippen LogP contribution in [-0.4, -0.2) is 52.4 Å². The summed E-state index contributed by atoms with van der Waals surface area (Å²) < 4.78 is 7.44. The Morgan fingerprint density at radius 2 is 1.92 bits per heavy atom. The van der Waals surface area contributed by atoms with E-state index in [1.54, 1.807) is 0 Å². The molecule has 0 aromatic carbocycles. The molecule has 134 valence electrons. The molecule has 2 fully saturated rings. The van der Waals surface area contributed by atoms with Crippen LogP contribution < -0.4 is 5.32 Å². The topological polar surface area (TPSA) is 59.4 Å². The van der Waals surface area contributed by atoms with Gasteiger partial charge in [0.25, 0.3) is 0 Å². The first-order valence-electron chi connectivity index (χ1n) is 9.22. The molecule has 2 heterocycles. The van der Waals surface area contributed by atoms with Crippen LogP contribution in [0.2, 0.25) is 0 Å². The Hall–Kier alpha value is -1.40. The highest BCUT2D eigenvalue weighted by molar-refractivity contribution is 5.92. The van der Waals surface area contributed by atoms with Gasteiger partial charge < -0.3 is 10.1 Å². The third-order valence-corrected chi connectivity index (χ3v) is 5.65. The van der Waals surface area contributed by atoms with Crippen molar-refractivity contribution >= 4 is 11.6 Å². The number of amides is 1. The molecule has 1 saturated heterocycles. The molecule has 6 nitrogen and oxygen atoms in total. The Morgan fingerprint density at radius 3 is 2.50 bits per heavy atom. The zero-order chi connectivity index (χ0) is 17.2. The minimum atomic E-state index is 0.0242. The van der Waals surface area contributed by atoms with E-state index in [2.05, 4.69) is 22.2 Å². The fourth-order valence-electron chi connectivity index (χ4n) is 4.34. The van der Waals surface area contributed by atoms with Crippen molar-refractivity contribution in [2.45, 2.75) is 65.0 Å². The van der Waals surface area contributed by atoms with E-state index in [9.17, 15) is 4.79 Å². The van der Waals surface area contributed by atoms with E-state index in [0.29, 0.717) is 6.42 Å². The van der Waals surface area contributed by atoms with E-state index < -0.39 is 0 Å². The van der Waals surface area contributed by atoms with Crippen LogP contribution in [0.4, 0.5) is 5.69 Å². The third kappa shape index (κ3) is 3.35. The maximum Gasteiger partial charge on any atom is 0.226 e. The van der Waals surface area contributed by atoms with E-state index >= 15 is 0 Å². The Balaban J connectivity index is 1.71. The highest BCUT2D eigenvalue weighted by atomic mass is 16.5. The predicted molar refractivity (Wildman–Crippen MR) is 94.2 cm³/mol. The number of aryl methyl sites for hydroxylation is 2. The number of morpholine rings is 1. The first-order valence-corrected chi connectivity index (χ1v) is 9.22. The van der Waals surface area contributed by atoms with Crippen LogP contribution in [0.3, 0.4) is 0 Å². The Bertz CT molecular complexity index is 584. The van der Waals surface area contributed by atoms with Crippen molar-refractivity contribution in [2.75, 3.05) is 31.6 Å². The third-order valence-electron chi connectivity index (χ3n) is 5.65. The summed E-state index contributed by atoms with van der Waals surface area (Å²) >= 11 is 0. The van der Waals surface area contributed by atoms with Gasteiger partial charge in [-0.25, -0.2) is 0 Å². The summed E-state index contributed by atoms with van der Waals surface area (Å²) in [6.45, 7) is 10.3. The molecule has 1 aliphatic carbocycles. The maximum atomic E-state index is 12.8. The normalized spacial score (nSPS) is 21.1. The van der Waals surface area contributed by atoms with Crippen LogP contribution in [0, 0.1) is 13.8 Å². The molecular formula is C18H30N4O2. The molecule has 3 rings (SSSR count). The number of nitrogens with zero attached hydrogens (tertiary/aromatic N) is 3. The molecule has 2 aliphatic rings. The molecule has 0 unspecified atom stereocenters. The summed E-state index contributed by atoms with van der Waals surface area (Å²) in [4.78, 5) is 15.3. The van der Waals surface area contributed by atoms with Crippen molar-refractivity contribution in [2.24, 2.45) is 0 Å². The average Bonchev–Trinajstić information content (AvgIpc) is 3.16. The van der Waals surface area contributed by atoms with Crippen molar-refractivity contribution < 1.29 is 9.53 Å². The van der Waals surface area contributed by atoms with Crippen LogP contribution in [0.15, 0.2) is 0 Å². The van der Waals surface area contributed by atoms with Gasteiger partial charge in [-0.3, -0.25) is 14.4 Å². The van der Waals surface area contributed by atoms with E-state index in [0.717, 1.165) is 62.8 Å². The highest BCUT2D eigenvalue weighted by Crippen LogP contribution is 2.39. The molecule has 0 spiro atoms. The smallest absolute Gasteiger partial charge is 0.226 e. The van der Waals surface area contributed by atoms with Crippen LogP contribution in [0.5, 0.6) is 0 Å². The number of carbonyl (C=O) groups excluding carboxylic acids is 1. The van der Waals surface area contributed by atoms with Crippen LogP contribution in [0.25, 0.3) is 0 Å². The number of carbonyl (C=O) groups is 1. The molecule has 0 radical (unpaired) electrons. The lowest BCUT2D eigenvalue weighted by Crippen LogP contribution is -2.53. The van der Waals surface area contributed by atoms with Gasteiger partial charge in [0.2, 0.25) is 5.91 Å². The monoisotopic (exact) mass is 334 g/mol. The van der Waals surface area contributed by atoms with Crippen molar-refractivity contribution in [3.8, 4) is 0 Å². The van der Waals surface area contributed by atoms with Crippen molar-refractivity contribution in [3.05, 3.63) is 11.4 Å². The summed E-state index contributed by atoms with van der Waals surface area (Å²) in [6, 6.07) is 0. The van der Waals surface area contributed by atoms with E-state index in [-0.39, 0.29) is 11.4 Å². The lowest BCUT2D eigenvalue weighted by atomic mass is 9.90. The number of aromatic nitrogens is 2. The van der Waals surface area contributed by atoms with Gasteiger partial charge in [0.05, 0.1) is 30.3 Å². The lowest BCUT2D eigenvalue weighted by Gasteiger charge is -2.43. The quantitative estimate of drug-likeness (QED) is 0.899. The van der Waals surface area contributed by atoms with Crippen LogP contribution >= 0.6 is 0 Å². The molecule has 1 aliphatic heterocycles. The molecule has 0 atom stereocenters. The maximum absolute atomic E-state index is 12.8. The van der Waals surface area contributed by atoms with Crippen molar-refractivity contribution in [3.63, 3.8) is 0 Å². The highest BCUT2D eigenvalue weighted by Gasteiger charge is 2.41. The number of hydrogen-bond donors (Lipinski definition) is 1. The van der Waals surface area contributed by atoms with Crippen LogP contribution in [-0.2, 0) is 16.1 Å². The predicted octanol–water partition coefficient (Wildman–Crippen LogP) is 2.49. The summed E-state index contributed by atoms with van der Waals surface area (Å²) in [6.07, 6.45) is 5.25. The van der Waals surface area contributed by atoms with Gasteiger partial charge in [0.15, 0.2) is 0 Å². The Morgan fingerprint density at radius 1 is 1.25 bits per heavy atom. The molecule has 24 heavy (non-hydrogen) atoms. The number of anilines is 1. The minimum absolute atomic E-state index is 0.0242. The zero-order valence-electron chi connectivity index (χ0n) is 15.2. The second-order valence-corrected chi connectivity index (χ2v) is 7.12. The summed E-state index contributed by atoms with van der Waals surface area (Å²) in [5, 5.41) is 7.64. The number of ether oxygens (including phenoxy) is 1. The van der Waals surface area contributed by atoms with Gasteiger partial charge in [-0.05, 0) is 33.6 Å².